The van der Waals surface area contributed by atoms with E-state index in [1.54, 1.807) is 19.1 Å². The molecule has 0 atom stereocenters. The number of anilines is 1. The van der Waals surface area contributed by atoms with Crippen LogP contribution in [0.3, 0.4) is 0 Å². The first-order valence-corrected chi connectivity index (χ1v) is 7.19. The van der Waals surface area contributed by atoms with Crippen LogP contribution in [0, 0.1) is 12.7 Å². The summed E-state index contributed by atoms with van der Waals surface area (Å²) in [5, 5.41) is 0. The van der Waals surface area contributed by atoms with Gasteiger partial charge >= 0.3 is 0 Å². The van der Waals surface area contributed by atoms with Crippen LogP contribution in [0.1, 0.15) is 38.1 Å². The maximum atomic E-state index is 13.4. The molecule has 1 heterocycles. The monoisotopic (exact) mass is 275 g/mol. The fourth-order valence-corrected chi connectivity index (χ4v) is 2.41. The fourth-order valence-electron chi connectivity index (χ4n) is 2.41. The molecule has 0 amide bonds. The third kappa shape index (κ3) is 2.69. The molecule has 4 heteroatoms. The summed E-state index contributed by atoms with van der Waals surface area (Å²) in [5.41, 5.74) is 8.51. The lowest BCUT2D eigenvalue weighted by molar-refractivity contribution is 0.619. The molecule has 0 aliphatic rings. The molecule has 1 aromatic heterocycles. The van der Waals surface area contributed by atoms with Crippen LogP contribution in [-0.4, -0.2) is 9.55 Å². The Morgan fingerprint density at radius 3 is 2.60 bits per heavy atom. The number of nitrogens with zero attached hydrogens (tertiary/aromatic N) is 2. The van der Waals surface area contributed by atoms with Gasteiger partial charge in [-0.3, -0.25) is 0 Å². The van der Waals surface area contributed by atoms with Crippen molar-refractivity contribution in [3.63, 3.8) is 0 Å². The summed E-state index contributed by atoms with van der Waals surface area (Å²) in [4.78, 5) is 4.67. The van der Waals surface area contributed by atoms with Gasteiger partial charge in [0, 0.05) is 18.5 Å². The summed E-state index contributed by atoms with van der Waals surface area (Å²) in [5.74, 6) is 1.50. The Labute approximate surface area is 119 Å². The average molecular weight is 275 g/mol. The lowest BCUT2D eigenvalue weighted by Crippen LogP contribution is -2.06. The van der Waals surface area contributed by atoms with Crippen molar-refractivity contribution in [3.8, 4) is 11.3 Å². The van der Waals surface area contributed by atoms with Gasteiger partial charge in [0.05, 0.1) is 0 Å². The molecule has 0 aliphatic heterocycles. The highest BCUT2D eigenvalue weighted by Crippen LogP contribution is 2.28. The zero-order chi connectivity index (χ0) is 14.7. The predicted molar refractivity (Wildman–Crippen MR) is 81.1 cm³/mol. The number of imidazole rings is 1. The molecule has 0 bridgehead atoms. The molecular weight excluding hydrogens is 253 g/mol. The average Bonchev–Trinajstić information content (AvgIpc) is 2.72. The Bertz CT molecular complexity index is 602. The molecular formula is C16H22FN3. The maximum Gasteiger partial charge on any atom is 0.131 e. The van der Waals surface area contributed by atoms with E-state index in [1.165, 1.54) is 6.07 Å². The SMILES string of the molecule is CCCc1nc(-c2ccc(F)c(C)c2)c(N)n1CCC. The van der Waals surface area contributed by atoms with Crippen molar-refractivity contribution >= 4 is 5.82 Å². The molecule has 0 spiro atoms. The van der Waals surface area contributed by atoms with Crippen LogP contribution >= 0.6 is 0 Å². The van der Waals surface area contributed by atoms with Crippen LogP contribution in [0.25, 0.3) is 11.3 Å². The van der Waals surface area contributed by atoms with Gasteiger partial charge < -0.3 is 10.3 Å². The van der Waals surface area contributed by atoms with Crippen LogP contribution in [0.15, 0.2) is 18.2 Å². The van der Waals surface area contributed by atoms with E-state index < -0.39 is 0 Å². The van der Waals surface area contributed by atoms with Crippen LogP contribution in [0.2, 0.25) is 0 Å². The molecule has 1 aromatic carbocycles. The Morgan fingerprint density at radius 2 is 2.00 bits per heavy atom. The number of benzene rings is 1. The normalized spacial score (nSPS) is 11.0. The van der Waals surface area contributed by atoms with Gasteiger partial charge in [-0.2, -0.15) is 0 Å². The third-order valence-corrected chi connectivity index (χ3v) is 3.44. The van der Waals surface area contributed by atoms with E-state index in [1.807, 2.05) is 0 Å². The molecule has 0 saturated heterocycles. The van der Waals surface area contributed by atoms with Crippen molar-refractivity contribution in [1.29, 1.82) is 0 Å². The predicted octanol–water partition coefficient (Wildman–Crippen LogP) is 3.94. The molecule has 108 valence electrons. The zero-order valence-electron chi connectivity index (χ0n) is 12.4. The van der Waals surface area contributed by atoms with Gasteiger partial charge in [0.1, 0.15) is 23.2 Å². The minimum atomic E-state index is -0.200. The van der Waals surface area contributed by atoms with Gasteiger partial charge in [0.2, 0.25) is 0 Å². The van der Waals surface area contributed by atoms with Gasteiger partial charge in [-0.05, 0) is 43.5 Å². The summed E-state index contributed by atoms with van der Waals surface area (Å²) >= 11 is 0. The van der Waals surface area contributed by atoms with Gasteiger partial charge in [0.25, 0.3) is 0 Å². The summed E-state index contributed by atoms with van der Waals surface area (Å²) < 4.78 is 15.5. The molecule has 0 radical (unpaired) electrons. The van der Waals surface area contributed by atoms with Crippen molar-refractivity contribution in [2.45, 2.75) is 46.6 Å². The van der Waals surface area contributed by atoms with Crippen LogP contribution < -0.4 is 5.73 Å². The highest BCUT2D eigenvalue weighted by molar-refractivity contribution is 5.71. The van der Waals surface area contributed by atoms with Crippen molar-refractivity contribution in [2.75, 3.05) is 5.73 Å². The van der Waals surface area contributed by atoms with Crippen molar-refractivity contribution in [1.82, 2.24) is 9.55 Å². The number of nitrogens with two attached hydrogens (primary N) is 1. The number of hydrogen-bond acceptors (Lipinski definition) is 2. The van der Waals surface area contributed by atoms with Crippen LogP contribution in [-0.2, 0) is 13.0 Å². The van der Waals surface area contributed by atoms with E-state index >= 15 is 0 Å². The Hall–Kier alpha value is -1.84. The smallest absolute Gasteiger partial charge is 0.131 e. The first kappa shape index (κ1) is 14.6. The van der Waals surface area contributed by atoms with Crippen molar-refractivity contribution in [2.24, 2.45) is 0 Å². The van der Waals surface area contributed by atoms with Gasteiger partial charge in [-0.25, -0.2) is 9.37 Å². The first-order valence-electron chi connectivity index (χ1n) is 7.19. The summed E-state index contributed by atoms with van der Waals surface area (Å²) in [6.07, 6.45) is 2.95. The van der Waals surface area contributed by atoms with E-state index in [-0.39, 0.29) is 5.82 Å². The summed E-state index contributed by atoms with van der Waals surface area (Å²) in [6.45, 7) is 6.87. The largest absolute Gasteiger partial charge is 0.383 e. The van der Waals surface area contributed by atoms with Gasteiger partial charge in [-0.15, -0.1) is 0 Å². The van der Waals surface area contributed by atoms with E-state index in [0.717, 1.165) is 42.9 Å². The number of rotatable bonds is 5. The molecule has 0 fully saturated rings. The highest BCUT2D eigenvalue weighted by atomic mass is 19.1. The lowest BCUT2D eigenvalue weighted by Gasteiger charge is -2.07. The van der Waals surface area contributed by atoms with E-state index in [9.17, 15) is 4.39 Å². The quantitative estimate of drug-likeness (QED) is 0.898. The number of halogens is 1. The standard InChI is InChI=1S/C16H22FN3/c1-4-6-14-19-15(16(18)20(14)9-5-2)12-7-8-13(17)11(3)10-12/h7-8,10H,4-6,9,18H2,1-3H3. The van der Waals surface area contributed by atoms with E-state index in [0.29, 0.717) is 11.4 Å². The van der Waals surface area contributed by atoms with Crippen LogP contribution in [0.4, 0.5) is 10.2 Å². The van der Waals surface area contributed by atoms with Crippen molar-refractivity contribution in [3.05, 3.63) is 35.4 Å². The molecule has 20 heavy (non-hydrogen) atoms. The van der Waals surface area contributed by atoms with Gasteiger partial charge in [-0.1, -0.05) is 13.8 Å². The summed E-state index contributed by atoms with van der Waals surface area (Å²) in [7, 11) is 0. The molecule has 0 unspecified atom stereocenters. The fraction of sp³-hybridized carbons (Fsp3) is 0.438. The molecule has 2 N–H and O–H groups in total. The summed E-state index contributed by atoms with van der Waals surface area (Å²) in [6, 6.07) is 5.02. The topological polar surface area (TPSA) is 43.8 Å². The second-order valence-corrected chi connectivity index (χ2v) is 5.13. The molecule has 3 nitrogen and oxygen atoms in total. The molecule has 0 saturated carbocycles. The number of aromatic nitrogens is 2. The highest BCUT2D eigenvalue weighted by Gasteiger charge is 2.15. The van der Waals surface area contributed by atoms with E-state index in [4.69, 9.17) is 5.73 Å². The Kier molecular flexibility index (Phi) is 4.42. The maximum absolute atomic E-state index is 13.4. The minimum absolute atomic E-state index is 0.200. The second-order valence-electron chi connectivity index (χ2n) is 5.13. The second kappa shape index (κ2) is 6.07. The van der Waals surface area contributed by atoms with Crippen molar-refractivity contribution < 1.29 is 4.39 Å². The van der Waals surface area contributed by atoms with Gasteiger partial charge in [0.15, 0.2) is 0 Å². The number of hydrogen-bond donors (Lipinski definition) is 1. The lowest BCUT2D eigenvalue weighted by atomic mass is 10.1. The molecule has 0 aliphatic carbocycles. The zero-order valence-corrected chi connectivity index (χ0v) is 12.4. The molecule has 2 rings (SSSR count). The third-order valence-electron chi connectivity index (χ3n) is 3.44. The Balaban J connectivity index is 2.50. The molecule has 2 aromatic rings. The minimum Gasteiger partial charge on any atom is -0.383 e. The first-order chi connectivity index (χ1) is 9.58. The van der Waals surface area contributed by atoms with Crippen LogP contribution in [0.5, 0.6) is 0 Å². The number of aryl methyl sites for hydroxylation is 2. The Morgan fingerprint density at radius 1 is 1.25 bits per heavy atom. The number of nitrogen functional groups attached to an aromatic ring is 1. The van der Waals surface area contributed by atoms with E-state index in [2.05, 4.69) is 23.4 Å².